The normalized spacial score (nSPS) is 15.1. The quantitative estimate of drug-likeness (QED) is 0.242. The molecule has 0 bridgehead atoms. The Morgan fingerprint density at radius 2 is 2.00 bits per heavy atom. The number of thioether (sulfide) groups is 1. The highest BCUT2D eigenvalue weighted by molar-refractivity contribution is 8.26. The van der Waals surface area contributed by atoms with Gasteiger partial charge in [0.05, 0.1) is 16.8 Å². The van der Waals surface area contributed by atoms with Gasteiger partial charge in [0, 0.05) is 38.2 Å². The number of thiocarbonyl (C=S) groups is 1. The predicted molar refractivity (Wildman–Crippen MR) is 141 cm³/mol. The Bertz CT molecular complexity index is 1250. The number of carbonyl (C=O) groups is 1. The van der Waals surface area contributed by atoms with Crippen LogP contribution in [0, 0.1) is 0 Å². The lowest BCUT2D eigenvalue weighted by molar-refractivity contribution is -0.122. The van der Waals surface area contributed by atoms with Crippen molar-refractivity contribution in [1.29, 1.82) is 0 Å². The number of hydrogen-bond acceptors (Lipinski definition) is 7. The minimum atomic E-state index is -0.226. The van der Waals surface area contributed by atoms with Crippen LogP contribution in [0.1, 0.15) is 44.6 Å². The molecule has 1 N–H and O–H groups in total. The zero-order valence-corrected chi connectivity index (χ0v) is 20.8. The molecule has 0 saturated carbocycles. The first-order chi connectivity index (χ1) is 16.6. The molecule has 0 unspecified atom stereocenters. The molecule has 1 saturated heterocycles. The second kappa shape index (κ2) is 11.4. The summed E-state index contributed by atoms with van der Waals surface area (Å²) in [6.07, 6.45) is 13.8. The minimum Gasteiger partial charge on any atom is -0.369 e. The summed E-state index contributed by atoms with van der Waals surface area (Å²) < 4.78 is 4.03. The van der Waals surface area contributed by atoms with Crippen molar-refractivity contribution < 1.29 is 4.79 Å². The molecule has 1 aliphatic rings. The largest absolute Gasteiger partial charge is 0.369 e. The third-order valence-electron chi connectivity index (χ3n) is 5.60. The maximum atomic E-state index is 13.3. The van der Waals surface area contributed by atoms with Gasteiger partial charge >= 0.3 is 0 Å². The lowest BCUT2D eigenvalue weighted by Crippen LogP contribution is -2.29. The smallest absolute Gasteiger partial charge is 0.267 e. The molecule has 178 valence electrons. The van der Waals surface area contributed by atoms with Crippen LogP contribution < -0.4 is 10.9 Å². The second-order valence-corrected chi connectivity index (χ2v) is 9.76. The van der Waals surface area contributed by atoms with E-state index >= 15 is 0 Å². The fourth-order valence-corrected chi connectivity index (χ4v) is 5.07. The van der Waals surface area contributed by atoms with Crippen LogP contribution in [0.2, 0.25) is 0 Å². The van der Waals surface area contributed by atoms with Crippen molar-refractivity contribution in [2.75, 3.05) is 18.4 Å². The molecule has 0 aliphatic carbocycles. The molecule has 0 spiro atoms. The molecular formula is C24H28N6O2S2. The van der Waals surface area contributed by atoms with E-state index in [-0.39, 0.29) is 11.5 Å². The second-order valence-electron chi connectivity index (χ2n) is 8.08. The van der Waals surface area contributed by atoms with Crippen LogP contribution in [-0.2, 0) is 11.3 Å². The van der Waals surface area contributed by atoms with Crippen LogP contribution in [0.25, 0.3) is 11.7 Å². The molecule has 0 radical (unpaired) electrons. The summed E-state index contributed by atoms with van der Waals surface area (Å²) in [7, 11) is 0. The van der Waals surface area contributed by atoms with Gasteiger partial charge in [0.15, 0.2) is 0 Å². The zero-order valence-electron chi connectivity index (χ0n) is 19.1. The Morgan fingerprint density at radius 1 is 1.12 bits per heavy atom. The van der Waals surface area contributed by atoms with Crippen LogP contribution in [-0.4, -0.2) is 47.2 Å². The number of anilines is 1. The van der Waals surface area contributed by atoms with Crippen LogP contribution >= 0.6 is 24.0 Å². The Kier molecular flexibility index (Phi) is 8.12. The molecule has 4 heterocycles. The van der Waals surface area contributed by atoms with E-state index in [2.05, 4.69) is 22.2 Å². The molecule has 34 heavy (non-hydrogen) atoms. The lowest BCUT2D eigenvalue weighted by atomic mass is 10.2. The number of hydrogen-bond donors (Lipinski definition) is 1. The average Bonchev–Trinajstić information content (AvgIpc) is 3.45. The molecule has 1 amide bonds. The third kappa shape index (κ3) is 5.56. The van der Waals surface area contributed by atoms with Crippen LogP contribution in [0.3, 0.4) is 0 Å². The van der Waals surface area contributed by atoms with Gasteiger partial charge in [-0.3, -0.25) is 18.9 Å². The molecule has 3 aromatic heterocycles. The van der Waals surface area contributed by atoms with Gasteiger partial charge in [-0.1, -0.05) is 56.2 Å². The van der Waals surface area contributed by atoms with E-state index in [0.29, 0.717) is 39.3 Å². The van der Waals surface area contributed by atoms with E-state index < -0.39 is 0 Å². The monoisotopic (exact) mass is 496 g/mol. The van der Waals surface area contributed by atoms with Gasteiger partial charge in [0.1, 0.15) is 15.8 Å². The van der Waals surface area contributed by atoms with Crippen LogP contribution in [0.5, 0.6) is 0 Å². The van der Waals surface area contributed by atoms with Gasteiger partial charge in [0.25, 0.3) is 11.5 Å². The van der Waals surface area contributed by atoms with Crippen molar-refractivity contribution >= 4 is 51.7 Å². The van der Waals surface area contributed by atoms with Crippen molar-refractivity contribution in [2.45, 2.75) is 45.6 Å². The first-order valence-corrected chi connectivity index (χ1v) is 12.8. The van der Waals surface area contributed by atoms with Gasteiger partial charge in [-0.15, -0.1) is 0 Å². The number of nitrogens with one attached hydrogen (secondary N) is 1. The maximum Gasteiger partial charge on any atom is 0.267 e. The Labute approximate surface area is 208 Å². The van der Waals surface area contributed by atoms with E-state index in [9.17, 15) is 9.59 Å². The molecule has 3 aromatic rings. The number of carbonyl (C=O) groups excluding carboxylic acids is 1. The SMILES string of the molecule is CCCCCCN1C(=O)C(=Cc2c(NCCCn3ccnc3)nc3ccccn3c2=O)SC1=S. The number of fused-ring (bicyclic) bond motifs is 1. The highest BCUT2D eigenvalue weighted by atomic mass is 32.2. The molecule has 8 nitrogen and oxygen atoms in total. The summed E-state index contributed by atoms with van der Waals surface area (Å²) in [6.45, 7) is 4.18. The van der Waals surface area contributed by atoms with Gasteiger partial charge in [0.2, 0.25) is 0 Å². The Hall–Kier alpha value is -2.98. The summed E-state index contributed by atoms with van der Waals surface area (Å²) in [6, 6.07) is 5.42. The Balaban J connectivity index is 1.57. The maximum absolute atomic E-state index is 13.3. The summed E-state index contributed by atoms with van der Waals surface area (Å²) in [5, 5.41) is 3.30. The van der Waals surface area contributed by atoms with Crippen molar-refractivity contribution in [1.82, 2.24) is 23.8 Å². The van der Waals surface area contributed by atoms with Crippen molar-refractivity contribution in [2.24, 2.45) is 0 Å². The number of nitrogens with zero attached hydrogens (tertiary/aromatic N) is 5. The van der Waals surface area contributed by atoms with Gasteiger partial charge in [-0.25, -0.2) is 9.97 Å². The van der Waals surface area contributed by atoms with E-state index in [0.717, 1.165) is 38.6 Å². The Morgan fingerprint density at radius 3 is 2.79 bits per heavy atom. The number of unbranched alkanes of at least 4 members (excludes halogenated alkanes) is 3. The lowest BCUT2D eigenvalue weighted by Gasteiger charge is -2.14. The fourth-order valence-electron chi connectivity index (χ4n) is 3.78. The average molecular weight is 497 g/mol. The standard InChI is InChI=1S/C24H28N6O2S2/c1-2-3-4-6-14-30-23(32)19(34-24(30)33)16-18-21(26-10-8-12-28-15-11-25-17-28)27-20-9-5-7-13-29(20)22(18)31/h5,7,9,11,13,15-17,26H,2-4,6,8,10,12,14H2,1H3. The summed E-state index contributed by atoms with van der Waals surface area (Å²) in [4.78, 5) is 37.2. The number of amides is 1. The summed E-state index contributed by atoms with van der Waals surface area (Å²) >= 11 is 6.71. The summed E-state index contributed by atoms with van der Waals surface area (Å²) in [5.74, 6) is 0.324. The van der Waals surface area contributed by atoms with E-state index in [1.54, 1.807) is 41.8 Å². The van der Waals surface area contributed by atoms with Crippen LogP contribution in [0.4, 0.5) is 5.82 Å². The van der Waals surface area contributed by atoms with Crippen molar-refractivity contribution in [3.8, 4) is 0 Å². The number of pyridine rings is 1. The van der Waals surface area contributed by atoms with E-state index in [4.69, 9.17) is 12.2 Å². The highest BCUT2D eigenvalue weighted by Gasteiger charge is 2.32. The van der Waals surface area contributed by atoms with Crippen molar-refractivity contribution in [3.63, 3.8) is 0 Å². The predicted octanol–water partition coefficient (Wildman–Crippen LogP) is 4.17. The first kappa shape index (κ1) is 24.2. The van der Waals surface area contributed by atoms with Crippen molar-refractivity contribution in [3.05, 3.63) is 63.9 Å². The van der Waals surface area contributed by atoms with E-state index in [1.165, 1.54) is 16.2 Å². The van der Waals surface area contributed by atoms with Crippen LogP contribution in [0.15, 0.2) is 52.8 Å². The number of aryl methyl sites for hydroxylation is 1. The first-order valence-electron chi connectivity index (χ1n) is 11.5. The number of aromatic nitrogens is 4. The minimum absolute atomic E-state index is 0.143. The molecule has 0 atom stereocenters. The molecule has 1 aliphatic heterocycles. The van der Waals surface area contributed by atoms with Gasteiger partial charge < -0.3 is 9.88 Å². The molecular weight excluding hydrogens is 468 g/mol. The molecule has 10 heteroatoms. The molecule has 0 aromatic carbocycles. The van der Waals surface area contributed by atoms with Gasteiger partial charge in [-0.05, 0) is 31.1 Å². The zero-order chi connectivity index (χ0) is 23.9. The topological polar surface area (TPSA) is 84.5 Å². The molecule has 1 fully saturated rings. The van der Waals surface area contributed by atoms with Gasteiger partial charge in [-0.2, -0.15) is 0 Å². The summed E-state index contributed by atoms with van der Waals surface area (Å²) in [5.41, 5.74) is 0.680. The number of imidazole rings is 1. The third-order valence-corrected chi connectivity index (χ3v) is 6.98. The molecule has 4 rings (SSSR count). The number of rotatable bonds is 11. The fraction of sp³-hybridized carbons (Fsp3) is 0.375. The highest BCUT2D eigenvalue weighted by Crippen LogP contribution is 2.33. The van der Waals surface area contributed by atoms with E-state index in [1.807, 2.05) is 16.8 Å².